The van der Waals surface area contributed by atoms with Crippen molar-refractivity contribution >= 4 is 65.8 Å². The predicted octanol–water partition coefficient (Wildman–Crippen LogP) is 2.84. The number of carbonyl (C=O) groups is 5. The zero-order valence-electron chi connectivity index (χ0n) is 72.1. The highest BCUT2D eigenvalue weighted by Gasteiger charge is 2.59. The van der Waals surface area contributed by atoms with Gasteiger partial charge >= 0.3 is 30.2 Å². The number of aromatic nitrogens is 6. The molecule has 5 aliphatic rings. The third-order valence-corrected chi connectivity index (χ3v) is 15.8. The third-order valence-electron chi connectivity index (χ3n) is 15.8. The fourth-order valence-corrected chi connectivity index (χ4v) is 10.8. The number of methoxy groups -OCH3 is 16. The zero-order valence-corrected chi connectivity index (χ0v) is 72.1. The number of unbranched alkanes of at least 4 members (excludes halogenated alkanes) is 3. The highest BCUT2D eigenvalue weighted by molar-refractivity contribution is 5.85. The maximum Gasteiger partial charge on any atom is 0.327 e. The van der Waals surface area contributed by atoms with Crippen molar-refractivity contribution in [1.82, 2.24) is 83.8 Å². The SMILES string of the molecule is CCCCOCN1C(=O)N(COCCCC)C2C1N(COC)C(=O)N2COCCCC.COCN(COC)c1nc(N(COC)COC)nc(N(COC)COC)n1.COCN1CCCN(COC)C1=O.COCN1CN(C)CN(COC)C1=O.COCN1COCN(COC)C1=O.COCNc1nc(NCOC)nc(NCOC)n1. The summed E-state index contributed by atoms with van der Waals surface area (Å²) in [6.07, 6.45) is 5.70. The average molecular weight is 1670 g/mol. The molecule has 2 aromatic heterocycles. The first-order valence-electron chi connectivity index (χ1n) is 37.4. The van der Waals surface area contributed by atoms with Gasteiger partial charge in [0.1, 0.15) is 141 Å². The number of carbonyl (C=O) groups excluding carboxylic acids is 5. The summed E-state index contributed by atoms with van der Waals surface area (Å²) >= 11 is 0. The summed E-state index contributed by atoms with van der Waals surface area (Å²) in [7, 11) is 27.0. The Bertz CT molecular complexity index is 2630. The Labute approximate surface area is 683 Å². The molecule has 672 valence electrons. The van der Waals surface area contributed by atoms with Gasteiger partial charge in [0.05, 0.1) is 13.3 Å². The van der Waals surface area contributed by atoms with Gasteiger partial charge in [-0.15, -0.1) is 0 Å². The van der Waals surface area contributed by atoms with E-state index in [1.807, 2.05) is 11.9 Å². The average Bonchev–Trinajstić information content (AvgIpc) is 1.57. The summed E-state index contributed by atoms with van der Waals surface area (Å²) in [6.45, 7) is 15.8. The van der Waals surface area contributed by atoms with E-state index in [0.29, 0.717) is 116 Å². The minimum atomic E-state index is -0.522. The zero-order chi connectivity index (χ0) is 85.8. The largest absolute Gasteiger partial charge is 0.364 e. The van der Waals surface area contributed by atoms with E-state index in [-0.39, 0.29) is 124 Å². The lowest BCUT2D eigenvalue weighted by Crippen LogP contribution is -2.57. The first-order valence-corrected chi connectivity index (χ1v) is 37.4. The minimum Gasteiger partial charge on any atom is -0.364 e. The quantitative estimate of drug-likeness (QED) is 0.0633. The topological polar surface area (TPSA) is 429 Å². The predicted molar refractivity (Wildman–Crippen MR) is 421 cm³/mol. The van der Waals surface area contributed by atoms with Crippen molar-refractivity contribution in [1.29, 1.82) is 0 Å². The molecule has 10 amide bonds. The highest BCUT2D eigenvalue weighted by atomic mass is 16.6. The molecule has 0 radical (unpaired) electrons. The van der Waals surface area contributed by atoms with Crippen molar-refractivity contribution in [3.8, 4) is 0 Å². The van der Waals surface area contributed by atoms with E-state index in [9.17, 15) is 24.0 Å². The molecule has 0 bridgehead atoms. The van der Waals surface area contributed by atoms with Gasteiger partial charge in [0.2, 0.25) is 35.7 Å². The van der Waals surface area contributed by atoms with Crippen molar-refractivity contribution in [2.24, 2.45) is 0 Å². The molecular weight excluding hydrogens is 1540 g/mol. The molecule has 5 fully saturated rings. The van der Waals surface area contributed by atoms with Crippen LogP contribution < -0.4 is 30.7 Å². The van der Waals surface area contributed by atoms with Crippen LogP contribution in [0, 0.1) is 0 Å². The fraction of sp³-hybridized carbons (Fsp3) is 0.838. The second kappa shape index (κ2) is 64.3. The molecule has 5 saturated heterocycles. The van der Waals surface area contributed by atoms with Gasteiger partial charge in [-0.05, 0) is 32.7 Å². The molecule has 48 nitrogen and oxygen atoms in total. The van der Waals surface area contributed by atoms with Crippen molar-refractivity contribution in [3.05, 3.63) is 0 Å². The van der Waals surface area contributed by atoms with Gasteiger partial charge < -0.3 is 120 Å². The number of hydrogen-bond donors (Lipinski definition) is 3. The molecule has 0 spiro atoms. The standard InChI is InChI=1S/C21H40N4O6.C15H30N6O6.C9H18N6O3.C8H17N3O3.C8H16N2O3.C7H14N2O4/c1-5-8-11-29-15-23-18-19(25(21(23)27)17-31-13-10-7-3)24(16-30-12-9-6-2)20(26)22(18)14-28-4;1-22-7-19(8-23-2)13-16-14(20(9-24-3)10-25-4)18-15(17-13)21(11-26-5)12-27-6;1-16-4-10-7-13-8(11-5-17-2)15-9(14-7)12-6-18-3;1-9-4-10(6-13-2)8(12)11(5-9)7-14-3;1-12-6-9-4-3-5-10(7-13-2)8(9)11;1-11-3-8-5-13-6-9(4-12-2)7(8)10/h18-19H,5-17H2,1-4H3;7-12H2,1-6H3;4-6H2,1-3H3,(H3,10,11,12,13,14,15);4-7H2,1-3H3;3-7H2,1-2H3;3-6H2,1-2H3. The van der Waals surface area contributed by atoms with Gasteiger partial charge in [-0.2, -0.15) is 29.9 Å². The maximum atomic E-state index is 13.3. The van der Waals surface area contributed by atoms with E-state index >= 15 is 0 Å². The van der Waals surface area contributed by atoms with Gasteiger partial charge in [0.25, 0.3) is 0 Å². The van der Waals surface area contributed by atoms with E-state index < -0.39 is 12.3 Å². The number of hydrogen-bond acceptors (Lipinski definition) is 38. The summed E-state index contributed by atoms with van der Waals surface area (Å²) in [6, 6.07) is -0.621. The lowest BCUT2D eigenvalue weighted by Gasteiger charge is -2.39. The molecule has 48 heteroatoms. The molecule has 2 atom stereocenters. The van der Waals surface area contributed by atoms with Gasteiger partial charge in [0, 0.05) is 147 Å². The fourth-order valence-electron chi connectivity index (χ4n) is 10.8. The van der Waals surface area contributed by atoms with Gasteiger partial charge in [-0.25, -0.2) is 24.0 Å². The molecule has 7 rings (SSSR count). The van der Waals surface area contributed by atoms with E-state index in [4.69, 9.17) is 94.7 Å². The van der Waals surface area contributed by atoms with Crippen LogP contribution in [0.1, 0.15) is 65.7 Å². The van der Waals surface area contributed by atoms with Crippen LogP contribution in [-0.2, 0) is 94.7 Å². The first-order chi connectivity index (χ1) is 56.3. The number of nitrogens with one attached hydrogen (secondary N) is 3. The molecule has 0 aliphatic carbocycles. The van der Waals surface area contributed by atoms with Crippen LogP contribution in [0.2, 0.25) is 0 Å². The number of fused-ring (bicyclic) bond motifs is 1. The highest BCUT2D eigenvalue weighted by Crippen LogP contribution is 2.35. The Hall–Kier alpha value is -7.67. The number of amides is 10. The van der Waals surface area contributed by atoms with Crippen LogP contribution in [0.3, 0.4) is 0 Å². The van der Waals surface area contributed by atoms with Crippen LogP contribution in [0.25, 0.3) is 0 Å². The Morgan fingerprint density at radius 2 is 0.603 bits per heavy atom. The van der Waals surface area contributed by atoms with E-state index in [1.165, 1.54) is 31.1 Å². The van der Waals surface area contributed by atoms with Crippen molar-refractivity contribution in [2.75, 3.05) is 339 Å². The van der Waals surface area contributed by atoms with Crippen LogP contribution in [0.4, 0.5) is 59.7 Å². The van der Waals surface area contributed by atoms with Crippen LogP contribution in [0.5, 0.6) is 0 Å². The molecule has 2 unspecified atom stereocenters. The van der Waals surface area contributed by atoms with Gasteiger partial charge in [0.15, 0.2) is 12.3 Å². The van der Waals surface area contributed by atoms with Gasteiger partial charge in [-0.3, -0.25) is 58.8 Å². The first kappa shape index (κ1) is 104. The number of anilines is 6. The molecular formula is C68H135N23O25. The Kier molecular flexibility index (Phi) is 57.9. The smallest absolute Gasteiger partial charge is 0.327 e. The number of urea groups is 5. The normalized spacial score (nSPS) is 16.1. The molecule has 2 aromatic rings. The summed E-state index contributed by atoms with van der Waals surface area (Å²) in [4.78, 5) is 110. The molecule has 5 aliphatic heterocycles. The molecule has 7 heterocycles. The Balaban J connectivity index is 0.000000489. The Morgan fingerprint density at radius 3 is 0.879 bits per heavy atom. The summed E-state index contributed by atoms with van der Waals surface area (Å²) < 4.78 is 103. The van der Waals surface area contributed by atoms with Crippen LogP contribution in [0.15, 0.2) is 0 Å². The Morgan fingerprint density at radius 1 is 0.336 bits per heavy atom. The van der Waals surface area contributed by atoms with Crippen molar-refractivity contribution < 1.29 is 119 Å². The molecule has 3 N–H and O–H groups in total. The van der Waals surface area contributed by atoms with E-state index in [2.05, 4.69) is 66.6 Å². The third kappa shape index (κ3) is 37.5. The van der Waals surface area contributed by atoms with Crippen LogP contribution >= 0.6 is 0 Å². The number of nitrogens with zero attached hydrogens (tertiary/aromatic N) is 20. The maximum absolute atomic E-state index is 13.3. The summed E-state index contributed by atoms with van der Waals surface area (Å²) in [5.74, 6) is 2.28. The van der Waals surface area contributed by atoms with Gasteiger partial charge in [-0.1, -0.05) is 40.0 Å². The van der Waals surface area contributed by atoms with Crippen LogP contribution in [-0.4, -0.2) is 435 Å². The molecule has 116 heavy (non-hydrogen) atoms. The summed E-state index contributed by atoms with van der Waals surface area (Å²) in [5.41, 5.74) is 0. The number of ether oxygens (including phenoxy) is 20. The van der Waals surface area contributed by atoms with E-state index in [1.54, 1.807) is 146 Å². The minimum absolute atomic E-state index is 0.00468. The lowest BCUT2D eigenvalue weighted by atomic mass is 10.3. The summed E-state index contributed by atoms with van der Waals surface area (Å²) in [5, 5.41) is 8.65. The van der Waals surface area contributed by atoms with Crippen molar-refractivity contribution in [2.45, 2.75) is 78.0 Å². The van der Waals surface area contributed by atoms with E-state index in [0.717, 1.165) is 58.0 Å². The molecule has 0 aromatic carbocycles. The van der Waals surface area contributed by atoms with Crippen molar-refractivity contribution in [3.63, 3.8) is 0 Å². The lowest BCUT2D eigenvalue weighted by molar-refractivity contribution is -0.102. The second-order valence-electron chi connectivity index (χ2n) is 25.4. The second-order valence-corrected chi connectivity index (χ2v) is 25.4. The number of rotatable bonds is 53. The molecule has 0 saturated carbocycles. The monoisotopic (exact) mass is 1670 g/mol.